The highest BCUT2D eigenvalue weighted by atomic mass is 19.1. The first-order valence-electron chi connectivity index (χ1n) is 12.0. The molecular formula is C30H28FN3O3. The number of carbonyl (C=O) groups excluding carboxylic acids is 2. The SMILES string of the molecule is CC(C)C(NC(=O)c1ccccc1F)C(=O)NN=Cc1c(OCc2ccccc2)ccc2ccccc12. The van der Waals surface area contributed by atoms with Gasteiger partial charge in [0.15, 0.2) is 0 Å². The molecule has 0 aromatic heterocycles. The Hall–Kier alpha value is -4.52. The van der Waals surface area contributed by atoms with Crippen molar-refractivity contribution < 1.29 is 18.7 Å². The third-order valence-corrected chi connectivity index (χ3v) is 5.89. The average molecular weight is 498 g/mol. The minimum absolute atomic E-state index is 0.125. The van der Waals surface area contributed by atoms with E-state index in [0.717, 1.165) is 16.3 Å². The van der Waals surface area contributed by atoms with Gasteiger partial charge in [-0.2, -0.15) is 5.10 Å². The number of nitrogens with zero attached hydrogens (tertiary/aromatic N) is 1. The topological polar surface area (TPSA) is 79.8 Å². The van der Waals surface area contributed by atoms with Crippen LogP contribution in [0, 0.1) is 11.7 Å². The molecule has 4 aromatic rings. The first-order valence-corrected chi connectivity index (χ1v) is 12.0. The van der Waals surface area contributed by atoms with Gasteiger partial charge in [0.1, 0.15) is 24.2 Å². The Morgan fingerprint density at radius 2 is 1.62 bits per heavy atom. The van der Waals surface area contributed by atoms with Gasteiger partial charge in [-0.05, 0) is 40.5 Å². The van der Waals surface area contributed by atoms with E-state index >= 15 is 0 Å². The summed E-state index contributed by atoms with van der Waals surface area (Å²) in [6.45, 7) is 3.95. The Labute approximate surface area is 215 Å². The minimum Gasteiger partial charge on any atom is -0.488 e. The second kappa shape index (κ2) is 11.9. The van der Waals surface area contributed by atoms with Crippen LogP contribution in [0.2, 0.25) is 0 Å². The van der Waals surface area contributed by atoms with E-state index in [1.807, 2.05) is 66.7 Å². The van der Waals surface area contributed by atoms with Crippen LogP contribution < -0.4 is 15.5 Å². The van der Waals surface area contributed by atoms with E-state index in [0.29, 0.717) is 17.9 Å². The highest BCUT2D eigenvalue weighted by Gasteiger charge is 2.25. The van der Waals surface area contributed by atoms with Gasteiger partial charge in [0.2, 0.25) is 0 Å². The van der Waals surface area contributed by atoms with Crippen LogP contribution in [0.1, 0.15) is 35.3 Å². The van der Waals surface area contributed by atoms with Gasteiger partial charge in [0, 0.05) is 5.56 Å². The van der Waals surface area contributed by atoms with Crippen molar-refractivity contribution in [2.75, 3.05) is 0 Å². The lowest BCUT2D eigenvalue weighted by atomic mass is 10.0. The van der Waals surface area contributed by atoms with Crippen molar-refractivity contribution in [1.82, 2.24) is 10.7 Å². The van der Waals surface area contributed by atoms with E-state index < -0.39 is 23.7 Å². The Balaban J connectivity index is 1.52. The number of ether oxygens (including phenoxy) is 1. The normalized spacial score (nSPS) is 12.0. The number of carbonyl (C=O) groups is 2. The lowest BCUT2D eigenvalue weighted by Crippen LogP contribution is -2.48. The fourth-order valence-electron chi connectivity index (χ4n) is 3.90. The van der Waals surface area contributed by atoms with Crippen LogP contribution in [-0.2, 0) is 11.4 Å². The summed E-state index contributed by atoms with van der Waals surface area (Å²) in [6.07, 6.45) is 1.54. The van der Waals surface area contributed by atoms with Gasteiger partial charge < -0.3 is 10.1 Å². The standard InChI is InChI=1S/C30H28FN3O3/c1-20(2)28(33-29(35)24-14-8-9-15-26(24)31)30(36)34-32-18-25-23-13-7-6-12-22(23)16-17-27(25)37-19-21-10-4-3-5-11-21/h3-18,20,28H,19H2,1-2H3,(H,33,35)(H,34,36). The van der Waals surface area contributed by atoms with Gasteiger partial charge in [-0.15, -0.1) is 0 Å². The van der Waals surface area contributed by atoms with Crippen molar-refractivity contribution in [1.29, 1.82) is 0 Å². The molecule has 37 heavy (non-hydrogen) atoms. The van der Waals surface area contributed by atoms with Crippen LogP contribution in [0.15, 0.2) is 96.1 Å². The number of benzene rings is 4. The molecule has 7 heteroatoms. The predicted molar refractivity (Wildman–Crippen MR) is 143 cm³/mol. The van der Waals surface area contributed by atoms with Crippen LogP contribution in [0.25, 0.3) is 10.8 Å². The van der Waals surface area contributed by atoms with Crippen LogP contribution in [0.4, 0.5) is 4.39 Å². The zero-order valence-electron chi connectivity index (χ0n) is 20.6. The Morgan fingerprint density at radius 3 is 2.38 bits per heavy atom. The van der Waals surface area contributed by atoms with Crippen molar-refractivity contribution in [3.8, 4) is 5.75 Å². The fourth-order valence-corrected chi connectivity index (χ4v) is 3.90. The summed E-state index contributed by atoms with van der Waals surface area (Å²) in [4.78, 5) is 25.5. The zero-order valence-corrected chi connectivity index (χ0v) is 20.6. The molecule has 2 N–H and O–H groups in total. The molecule has 6 nitrogen and oxygen atoms in total. The molecule has 0 saturated carbocycles. The molecule has 0 spiro atoms. The van der Waals surface area contributed by atoms with Crippen LogP contribution in [-0.4, -0.2) is 24.1 Å². The molecule has 4 aromatic carbocycles. The Kier molecular flexibility index (Phi) is 8.26. The number of halogens is 1. The van der Waals surface area contributed by atoms with Gasteiger partial charge in [0.05, 0.1) is 11.8 Å². The third-order valence-electron chi connectivity index (χ3n) is 5.89. The first-order chi connectivity index (χ1) is 17.9. The highest BCUT2D eigenvalue weighted by molar-refractivity contribution is 6.03. The van der Waals surface area contributed by atoms with E-state index in [2.05, 4.69) is 15.8 Å². The molecular weight excluding hydrogens is 469 g/mol. The largest absolute Gasteiger partial charge is 0.488 e. The van der Waals surface area contributed by atoms with Crippen LogP contribution in [0.3, 0.4) is 0 Å². The number of rotatable bonds is 9. The third kappa shape index (κ3) is 6.38. The van der Waals surface area contributed by atoms with Gasteiger partial charge in [-0.1, -0.05) is 86.6 Å². The molecule has 0 aliphatic heterocycles. The van der Waals surface area contributed by atoms with Gasteiger partial charge in [-0.3, -0.25) is 9.59 Å². The summed E-state index contributed by atoms with van der Waals surface area (Å²) in [5.41, 5.74) is 4.13. The fraction of sp³-hybridized carbons (Fsp3) is 0.167. The smallest absolute Gasteiger partial charge is 0.262 e. The molecule has 0 saturated heterocycles. The molecule has 0 bridgehead atoms. The van der Waals surface area contributed by atoms with E-state index in [-0.39, 0.29) is 11.5 Å². The van der Waals surface area contributed by atoms with E-state index in [4.69, 9.17) is 4.74 Å². The molecule has 0 aliphatic rings. The lowest BCUT2D eigenvalue weighted by Gasteiger charge is -2.20. The zero-order chi connectivity index (χ0) is 26.2. The summed E-state index contributed by atoms with van der Waals surface area (Å²) in [5.74, 6) is -1.47. The predicted octanol–water partition coefficient (Wildman–Crippen LogP) is 5.46. The lowest BCUT2D eigenvalue weighted by molar-refractivity contribution is -0.123. The molecule has 188 valence electrons. The molecule has 2 amide bonds. The maximum atomic E-state index is 14.0. The molecule has 1 unspecified atom stereocenters. The second-order valence-corrected chi connectivity index (χ2v) is 8.88. The molecule has 0 fully saturated rings. The number of hydrogen-bond acceptors (Lipinski definition) is 4. The van der Waals surface area contributed by atoms with Crippen molar-refractivity contribution in [3.05, 3.63) is 114 Å². The summed E-state index contributed by atoms with van der Waals surface area (Å²) >= 11 is 0. The van der Waals surface area contributed by atoms with E-state index in [1.54, 1.807) is 19.9 Å². The van der Waals surface area contributed by atoms with Crippen LogP contribution >= 0.6 is 0 Å². The highest BCUT2D eigenvalue weighted by Crippen LogP contribution is 2.27. The molecule has 0 radical (unpaired) electrons. The number of hydrazone groups is 1. The minimum atomic E-state index is -0.912. The average Bonchev–Trinajstić information content (AvgIpc) is 2.91. The van der Waals surface area contributed by atoms with Crippen LogP contribution in [0.5, 0.6) is 5.75 Å². The molecule has 1 atom stereocenters. The van der Waals surface area contributed by atoms with Crippen molar-refractivity contribution in [3.63, 3.8) is 0 Å². The Morgan fingerprint density at radius 1 is 0.919 bits per heavy atom. The molecule has 0 heterocycles. The van der Waals surface area contributed by atoms with Crippen molar-refractivity contribution in [2.45, 2.75) is 26.5 Å². The number of amides is 2. The monoisotopic (exact) mass is 497 g/mol. The summed E-state index contributed by atoms with van der Waals surface area (Å²) in [6, 6.07) is 26.2. The number of nitrogens with one attached hydrogen (secondary N) is 2. The van der Waals surface area contributed by atoms with Gasteiger partial charge in [0.25, 0.3) is 11.8 Å². The number of hydrogen-bond donors (Lipinski definition) is 2. The molecule has 0 aliphatic carbocycles. The number of fused-ring (bicyclic) bond motifs is 1. The molecule has 4 rings (SSSR count). The summed E-state index contributed by atoms with van der Waals surface area (Å²) in [7, 11) is 0. The maximum Gasteiger partial charge on any atom is 0.262 e. The van der Waals surface area contributed by atoms with Crippen molar-refractivity contribution in [2.24, 2.45) is 11.0 Å². The van der Waals surface area contributed by atoms with E-state index in [1.165, 1.54) is 24.4 Å². The maximum absolute atomic E-state index is 14.0. The first kappa shape index (κ1) is 25.6. The summed E-state index contributed by atoms with van der Waals surface area (Å²) in [5, 5.41) is 8.71. The van der Waals surface area contributed by atoms with Crippen molar-refractivity contribution >= 4 is 28.8 Å². The van der Waals surface area contributed by atoms with Gasteiger partial charge in [-0.25, -0.2) is 9.82 Å². The second-order valence-electron chi connectivity index (χ2n) is 8.88. The summed E-state index contributed by atoms with van der Waals surface area (Å²) < 4.78 is 20.1. The van der Waals surface area contributed by atoms with E-state index in [9.17, 15) is 14.0 Å². The quantitative estimate of drug-likeness (QED) is 0.238. The Bertz CT molecular complexity index is 1420. The van der Waals surface area contributed by atoms with Gasteiger partial charge >= 0.3 is 0 Å².